The maximum absolute atomic E-state index is 12.7. The second kappa shape index (κ2) is 6.04. The van der Waals surface area contributed by atoms with Crippen molar-refractivity contribution in [1.82, 2.24) is 9.97 Å². The lowest BCUT2D eigenvalue weighted by Gasteiger charge is -2.14. The van der Waals surface area contributed by atoms with E-state index in [-0.39, 0.29) is 10.6 Å². The quantitative estimate of drug-likeness (QED) is 0.850. The van der Waals surface area contributed by atoms with Crippen molar-refractivity contribution < 1.29 is 13.2 Å². The average Bonchev–Trinajstić information content (AvgIpc) is 2.45. The summed E-state index contributed by atoms with van der Waals surface area (Å²) in [5.41, 5.74) is 5.97. The Kier molecular flexibility index (Phi) is 4.37. The van der Waals surface area contributed by atoms with E-state index in [0.29, 0.717) is 17.9 Å². The van der Waals surface area contributed by atoms with Crippen molar-refractivity contribution in [3.8, 4) is 0 Å². The summed E-state index contributed by atoms with van der Waals surface area (Å²) in [5, 5.41) is 2.96. The molecule has 0 aliphatic rings. The molecule has 0 atom stereocenters. The van der Waals surface area contributed by atoms with E-state index < -0.39 is 11.7 Å². The highest BCUT2D eigenvalue weighted by molar-refractivity contribution is 7.80. The Morgan fingerprint density at radius 2 is 2.05 bits per heavy atom. The summed E-state index contributed by atoms with van der Waals surface area (Å²) in [6, 6.07) is 4.91. The molecule has 0 radical (unpaired) electrons. The van der Waals surface area contributed by atoms with E-state index in [1.807, 2.05) is 0 Å². The molecule has 1 aromatic heterocycles. The molecule has 21 heavy (non-hydrogen) atoms. The van der Waals surface area contributed by atoms with Crippen molar-refractivity contribution >= 4 is 22.9 Å². The van der Waals surface area contributed by atoms with E-state index in [0.717, 1.165) is 12.1 Å². The third-order valence-corrected chi connectivity index (χ3v) is 2.94. The standard InChI is InChI=1S/C13H11F3N4S/c14-13(15,16)8-1-2-11(10(5-8)12(17)21)19-6-9-3-4-18-7-20-9/h1-5,7,19H,6H2,(H2,17,21). The highest BCUT2D eigenvalue weighted by Gasteiger charge is 2.31. The fourth-order valence-corrected chi connectivity index (χ4v) is 1.86. The molecule has 0 saturated carbocycles. The van der Waals surface area contributed by atoms with Crippen LogP contribution in [0.25, 0.3) is 0 Å². The van der Waals surface area contributed by atoms with Gasteiger partial charge in [0.25, 0.3) is 0 Å². The summed E-state index contributed by atoms with van der Waals surface area (Å²) in [4.78, 5) is 7.68. The predicted octanol–water partition coefficient (Wildman–Crippen LogP) is 2.74. The molecular weight excluding hydrogens is 301 g/mol. The number of hydrogen-bond donors (Lipinski definition) is 2. The highest BCUT2D eigenvalue weighted by atomic mass is 32.1. The van der Waals surface area contributed by atoms with Gasteiger partial charge in [-0.2, -0.15) is 13.2 Å². The van der Waals surface area contributed by atoms with Crippen LogP contribution in [0.2, 0.25) is 0 Å². The van der Waals surface area contributed by atoms with Crippen LogP contribution in [0.1, 0.15) is 16.8 Å². The Hall–Kier alpha value is -2.22. The van der Waals surface area contributed by atoms with Gasteiger partial charge in [0.15, 0.2) is 0 Å². The zero-order valence-electron chi connectivity index (χ0n) is 10.7. The zero-order chi connectivity index (χ0) is 15.5. The van der Waals surface area contributed by atoms with Crippen molar-refractivity contribution in [3.05, 3.63) is 53.6 Å². The van der Waals surface area contributed by atoms with Gasteiger partial charge in [0.1, 0.15) is 11.3 Å². The van der Waals surface area contributed by atoms with Crippen LogP contribution >= 0.6 is 12.2 Å². The van der Waals surface area contributed by atoms with Crippen molar-refractivity contribution in [2.24, 2.45) is 5.73 Å². The molecule has 0 bridgehead atoms. The van der Waals surface area contributed by atoms with E-state index >= 15 is 0 Å². The maximum Gasteiger partial charge on any atom is 0.416 e. The van der Waals surface area contributed by atoms with Crippen molar-refractivity contribution in [2.75, 3.05) is 5.32 Å². The molecule has 4 nitrogen and oxygen atoms in total. The van der Waals surface area contributed by atoms with E-state index in [2.05, 4.69) is 15.3 Å². The molecule has 0 amide bonds. The minimum atomic E-state index is -4.44. The molecule has 1 aromatic carbocycles. The summed E-state index contributed by atoms with van der Waals surface area (Å²) in [6.07, 6.45) is -1.48. The molecule has 0 aliphatic carbocycles. The number of anilines is 1. The van der Waals surface area contributed by atoms with Gasteiger partial charge >= 0.3 is 6.18 Å². The fraction of sp³-hybridized carbons (Fsp3) is 0.154. The third kappa shape index (κ3) is 3.88. The van der Waals surface area contributed by atoms with Crippen molar-refractivity contribution in [2.45, 2.75) is 12.7 Å². The molecule has 0 saturated heterocycles. The normalized spacial score (nSPS) is 11.2. The SMILES string of the molecule is NC(=S)c1cc(C(F)(F)F)ccc1NCc1ccncn1. The smallest absolute Gasteiger partial charge is 0.389 e. The Morgan fingerprint density at radius 3 is 2.62 bits per heavy atom. The van der Waals surface area contributed by atoms with E-state index in [4.69, 9.17) is 18.0 Å². The van der Waals surface area contributed by atoms with Gasteiger partial charge in [-0.3, -0.25) is 0 Å². The Labute approximate surface area is 124 Å². The number of nitrogens with zero attached hydrogens (tertiary/aromatic N) is 2. The molecule has 0 aliphatic heterocycles. The van der Waals surface area contributed by atoms with E-state index in [1.54, 1.807) is 12.3 Å². The van der Waals surface area contributed by atoms with Crippen LogP contribution in [-0.4, -0.2) is 15.0 Å². The lowest BCUT2D eigenvalue weighted by molar-refractivity contribution is -0.137. The van der Waals surface area contributed by atoms with Crippen molar-refractivity contribution in [1.29, 1.82) is 0 Å². The molecular formula is C13H11F3N4S. The number of nitrogens with two attached hydrogens (primary N) is 1. The first-order chi connectivity index (χ1) is 9.88. The van der Waals surface area contributed by atoms with Crippen LogP contribution in [0, 0.1) is 0 Å². The number of aromatic nitrogens is 2. The molecule has 8 heteroatoms. The monoisotopic (exact) mass is 312 g/mol. The number of thiocarbonyl (C=S) groups is 1. The van der Waals surface area contributed by atoms with Gasteiger partial charge in [-0.1, -0.05) is 12.2 Å². The summed E-state index contributed by atoms with van der Waals surface area (Å²) in [5.74, 6) is 0. The molecule has 0 fully saturated rings. The van der Waals surface area contributed by atoms with Gasteiger partial charge in [0.05, 0.1) is 17.8 Å². The molecule has 110 valence electrons. The van der Waals surface area contributed by atoms with Crippen LogP contribution < -0.4 is 11.1 Å². The van der Waals surface area contributed by atoms with Gasteiger partial charge < -0.3 is 11.1 Å². The minimum absolute atomic E-state index is 0.105. The van der Waals surface area contributed by atoms with Crippen LogP contribution in [0.3, 0.4) is 0 Å². The van der Waals surface area contributed by atoms with Crippen LogP contribution in [0.4, 0.5) is 18.9 Å². The van der Waals surface area contributed by atoms with Crippen molar-refractivity contribution in [3.63, 3.8) is 0 Å². The topological polar surface area (TPSA) is 63.8 Å². The number of halogens is 3. The van der Waals surface area contributed by atoms with Gasteiger partial charge in [0, 0.05) is 17.4 Å². The second-order valence-electron chi connectivity index (χ2n) is 4.18. The van der Waals surface area contributed by atoms with Gasteiger partial charge in [-0.05, 0) is 24.3 Å². The largest absolute Gasteiger partial charge is 0.416 e. The number of rotatable bonds is 4. The zero-order valence-corrected chi connectivity index (χ0v) is 11.5. The number of alkyl halides is 3. The molecule has 2 aromatic rings. The first-order valence-electron chi connectivity index (χ1n) is 5.88. The Balaban J connectivity index is 2.25. The summed E-state index contributed by atoms with van der Waals surface area (Å²) in [7, 11) is 0. The number of nitrogens with one attached hydrogen (secondary N) is 1. The second-order valence-corrected chi connectivity index (χ2v) is 4.62. The van der Waals surface area contributed by atoms with Gasteiger partial charge in [0.2, 0.25) is 0 Å². The Morgan fingerprint density at radius 1 is 1.29 bits per heavy atom. The van der Waals surface area contributed by atoms with Crippen LogP contribution in [0.5, 0.6) is 0 Å². The summed E-state index contributed by atoms with van der Waals surface area (Å²) < 4.78 is 38.1. The summed E-state index contributed by atoms with van der Waals surface area (Å²) in [6.45, 7) is 0.323. The molecule has 2 rings (SSSR count). The molecule has 3 N–H and O–H groups in total. The minimum Gasteiger partial charge on any atom is -0.389 e. The van der Waals surface area contributed by atoms with Crippen LogP contribution in [0.15, 0.2) is 36.8 Å². The molecule has 1 heterocycles. The fourth-order valence-electron chi connectivity index (χ4n) is 1.69. The van der Waals surface area contributed by atoms with E-state index in [1.165, 1.54) is 12.4 Å². The van der Waals surface area contributed by atoms with Crippen LogP contribution in [-0.2, 0) is 12.7 Å². The molecule has 0 unspecified atom stereocenters. The first-order valence-corrected chi connectivity index (χ1v) is 6.28. The first kappa shape index (κ1) is 15.2. The Bertz CT molecular complexity index is 644. The number of benzene rings is 1. The lowest BCUT2D eigenvalue weighted by Crippen LogP contribution is -2.16. The number of hydrogen-bond acceptors (Lipinski definition) is 4. The summed E-state index contributed by atoms with van der Waals surface area (Å²) >= 11 is 4.81. The third-order valence-electron chi connectivity index (χ3n) is 2.72. The average molecular weight is 312 g/mol. The van der Waals surface area contributed by atoms with E-state index in [9.17, 15) is 13.2 Å². The van der Waals surface area contributed by atoms with Gasteiger partial charge in [-0.25, -0.2) is 9.97 Å². The lowest BCUT2D eigenvalue weighted by atomic mass is 10.1. The molecule has 0 spiro atoms. The van der Waals surface area contributed by atoms with Gasteiger partial charge in [-0.15, -0.1) is 0 Å². The maximum atomic E-state index is 12.7. The highest BCUT2D eigenvalue weighted by Crippen LogP contribution is 2.32. The predicted molar refractivity (Wildman–Crippen MR) is 76.7 cm³/mol.